The van der Waals surface area contributed by atoms with E-state index in [1.165, 1.54) is 11.3 Å². The van der Waals surface area contributed by atoms with Gasteiger partial charge in [0.05, 0.1) is 0 Å². The fraction of sp³-hybridized carbons (Fsp3) is 0.500. The summed E-state index contributed by atoms with van der Waals surface area (Å²) in [6, 6.07) is -0.221. The zero-order valence-corrected chi connectivity index (χ0v) is 8.76. The summed E-state index contributed by atoms with van der Waals surface area (Å²) >= 11 is 1.49. The van der Waals surface area contributed by atoms with Crippen molar-refractivity contribution in [3.05, 3.63) is 11.6 Å². The predicted octanol–water partition coefficient (Wildman–Crippen LogP) is 1.03. The Morgan fingerprint density at radius 3 is 2.85 bits per heavy atom. The highest BCUT2D eigenvalue weighted by molar-refractivity contribution is 7.13. The standard InChI is InChI=1S/C8H13N3OS/c1-6(7(12)11(2)3)10-8-9-4-5-13-8/h4-6H,1-3H3,(H,9,10). The second-order valence-electron chi connectivity index (χ2n) is 2.94. The molecular formula is C8H13N3OS. The van der Waals surface area contributed by atoms with E-state index in [1.54, 1.807) is 25.2 Å². The molecule has 0 bridgehead atoms. The molecule has 0 aliphatic heterocycles. The molecule has 5 heteroatoms. The van der Waals surface area contributed by atoms with Crippen LogP contribution in [0.15, 0.2) is 11.6 Å². The highest BCUT2D eigenvalue weighted by Gasteiger charge is 2.14. The van der Waals surface area contributed by atoms with Crippen molar-refractivity contribution in [1.82, 2.24) is 9.88 Å². The molecule has 1 aromatic heterocycles. The molecule has 4 nitrogen and oxygen atoms in total. The molecule has 1 heterocycles. The zero-order valence-electron chi connectivity index (χ0n) is 7.94. The van der Waals surface area contributed by atoms with E-state index >= 15 is 0 Å². The molecule has 0 spiro atoms. The molecule has 72 valence electrons. The number of hydrogen-bond acceptors (Lipinski definition) is 4. The molecule has 0 aliphatic rings. The number of anilines is 1. The Bertz CT molecular complexity index is 271. The van der Waals surface area contributed by atoms with Gasteiger partial charge in [0.2, 0.25) is 5.91 Å². The van der Waals surface area contributed by atoms with E-state index < -0.39 is 0 Å². The van der Waals surface area contributed by atoms with Crippen molar-refractivity contribution in [3.8, 4) is 0 Å². The molecule has 0 saturated heterocycles. The Labute approximate surface area is 81.6 Å². The first-order valence-electron chi connectivity index (χ1n) is 3.98. The van der Waals surface area contributed by atoms with Gasteiger partial charge in [-0.15, -0.1) is 11.3 Å². The molecular weight excluding hydrogens is 186 g/mol. The average molecular weight is 199 g/mol. The largest absolute Gasteiger partial charge is 0.350 e. The van der Waals surface area contributed by atoms with Crippen molar-refractivity contribution in [3.63, 3.8) is 0 Å². The lowest BCUT2D eigenvalue weighted by Crippen LogP contribution is -2.36. The van der Waals surface area contributed by atoms with Crippen molar-refractivity contribution < 1.29 is 4.79 Å². The van der Waals surface area contributed by atoms with Crippen LogP contribution < -0.4 is 5.32 Å². The third kappa shape index (κ3) is 2.69. The second kappa shape index (κ2) is 4.23. The normalized spacial score (nSPS) is 12.2. The fourth-order valence-electron chi connectivity index (χ4n) is 0.929. The summed E-state index contributed by atoms with van der Waals surface area (Å²) in [7, 11) is 3.48. The van der Waals surface area contributed by atoms with Gasteiger partial charge in [-0.05, 0) is 6.92 Å². The minimum absolute atomic E-state index is 0.0511. The summed E-state index contributed by atoms with van der Waals surface area (Å²) in [6.45, 7) is 1.82. The number of hydrogen-bond donors (Lipinski definition) is 1. The molecule has 1 atom stereocenters. The van der Waals surface area contributed by atoms with Gasteiger partial charge in [0.1, 0.15) is 6.04 Å². The smallest absolute Gasteiger partial charge is 0.244 e. The Morgan fingerprint density at radius 2 is 2.38 bits per heavy atom. The van der Waals surface area contributed by atoms with Crippen LogP contribution in [0.2, 0.25) is 0 Å². The molecule has 0 saturated carbocycles. The predicted molar refractivity (Wildman–Crippen MR) is 53.9 cm³/mol. The van der Waals surface area contributed by atoms with Gasteiger partial charge < -0.3 is 10.2 Å². The monoisotopic (exact) mass is 199 g/mol. The van der Waals surface area contributed by atoms with Crippen molar-refractivity contribution in [2.75, 3.05) is 19.4 Å². The minimum atomic E-state index is -0.221. The molecule has 0 aromatic carbocycles. The second-order valence-corrected chi connectivity index (χ2v) is 3.83. The van der Waals surface area contributed by atoms with Gasteiger partial charge in [0, 0.05) is 25.7 Å². The van der Waals surface area contributed by atoms with Gasteiger partial charge in [0.25, 0.3) is 0 Å². The average Bonchev–Trinajstić information content (AvgIpc) is 2.55. The first kappa shape index (κ1) is 9.98. The number of nitrogens with one attached hydrogen (secondary N) is 1. The highest BCUT2D eigenvalue weighted by Crippen LogP contribution is 2.11. The van der Waals surface area contributed by atoms with Gasteiger partial charge in [0.15, 0.2) is 5.13 Å². The van der Waals surface area contributed by atoms with E-state index in [0.717, 1.165) is 5.13 Å². The van der Waals surface area contributed by atoms with E-state index in [9.17, 15) is 4.79 Å². The molecule has 13 heavy (non-hydrogen) atoms. The maximum Gasteiger partial charge on any atom is 0.244 e. The molecule has 0 radical (unpaired) electrons. The number of carbonyl (C=O) groups excluding carboxylic acids is 1. The number of likely N-dealkylation sites (N-methyl/N-ethyl adjacent to an activating group) is 1. The van der Waals surface area contributed by atoms with Crippen LogP contribution in [-0.2, 0) is 4.79 Å². The van der Waals surface area contributed by atoms with Gasteiger partial charge in [-0.25, -0.2) is 4.98 Å². The van der Waals surface area contributed by atoms with Crippen LogP contribution in [0.3, 0.4) is 0 Å². The van der Waals surface area contributed by atoms with E-state index in [0.29, 0.717) is 0 Å². The number of nitrogens with zero attached hydrogens (tertiary/aromatic N) is 2. The first-order chi connectivity index (χ1) is 6.11. The maximum absolute atomic E-state index is 11.4. The fourth-order valence-corrected chi connectivity index (χ4v) is 1.55. The van der Waals surface area contributed by atoms with Crippen LogP contribution in [0.1, 0.15) is 6.92 Å². The topological polar surface area (TPSA) is 45.2 Å². The molecule has 0 fully saturated rings. The highest BCUT2D eigenvalue weighted by atomic mass is 32.1. The van der Waals surface area contributed by atoms with Crippen LogP contribution in [-0.4, -0.2) is 35.9 Å². The maximum atomic E-state index is 11.4. The lowest BCUT2D eigenvalue weighted by Gasteiger charge is -2.17. The lowest BCUT2D eigenvalue weighted by atomic mass is 10.3. The SMILES string of the molecule is CC(Nc1nccs1)C(=O)N(C)C. The van der Waals surface area contributed by atoms with Gasteiger partial charge in [-0.1, -0.05) is 0 Å². The van der Waals surface area contributed by atoms with Crippen LogP contribution in [0.4, 0.5) is 5.13 Å². The van der Waals surface area contributed by atoms with Gasteiger partial charge >= 0.3 is 0 Å². The van der Waals surface area contributed by atoms with Crippen molar-refractivity contribution in [2.24, 2.45) is 0 Å². The van der Waals surface area contributed by atoms with E-state index in [-0.39, 0.29) is 11.9 Å². The molecule has 1 unspecified atom stereocenters. The summed E-state index contributed by atoms with van der Waals surface area (Å²) in [5.74, 6) is 0.0511. The third-order valence-electron chi connectivity index (χ3n) is 1.58. The minimum Gasteiger partial charge on any atom is -0.350 e. The molecule has 1 rings (SSSR count). The van der Waals surface area contributed by atoms with Crippen molar-refractivity contribution in [2.45, 2.75) is 13.0 Å². The van der Waals surface area contributed by atoms with Gasteiger partial charge in [-0.2, -0.15) is 0 Å². The molecule has 1 N–H and O–H groups in total. The summed E-state index contributed by atoms with van der Waals surface area (Å²) < 4.78 is 0. The summed E-state index contributed by atoms with van der Waals surface area (Å²) in [6.07, 6.45) is 1.71. The zero-order chi connectivity index (χ0) is 9.84. The van der Waals surface area contributed by atoms with Crippen LogP contribution >= 0.6 is 11.3 Å². The van der Waals surface area contributed by atoms with E-state index in [2.05, 4.69) is 10.3 Å². The number of aromatic nitrogens is 1. The van der Waals surface area contributed by atoms with Crippen molar-refractivity contribution in [1.29, 1.82) is 0 Å². The number of amides is 1. The quantitative estimate of drug-likeness (QED) is 0.791. The van der Waals surface area contributed by atoms with E-state index in [4.69, 9.17) is 0 Å². The Balaban J connectivity index is 2.51. The molecule has 0 aliphatic carbocycles. The first-order valence-corrected chi connectivity index (χ1v) is 4.86. The molecule has 1 amide bonds. The number of rotatable bonds is 3. The van der Waals surface area contributed by atoms with Gasteiger partial charge in [-0.3, -0.25) is 4.79 Å². The Hall–Kier alpha value is -1.10. The van der Waals surface area contributed by atoms with Crippen LogP contribution in [0.25, 0.3) is 0 Å². The molecule has 1 aromatic rings. The summed E-state index contributed by atoms with van der Waals surface area (Å²) in [4.78, 5) is 17.0. The lowest BCUT2D eigenvalue weighted by molar-refractivity contribution is -0.129. The summed E-state index contributed by atoms with van der Waals surface area (Å²) in [5.41, 5.74) is 0. The van der Waals surface area contributed by atoms with Crippen LogP contribution in [0.5, 0.6) is 0 Å². The Kier molecular flexibility index (Phi) is 3.25. The van der Waals surface area contributed by atoms with E-state index in [1.807, 2.05) is 12.3 Å². The number of carbonyl (C=O) groups is 1. The summed E-state index contributed by atoms with van der Waals surface area (Å²) in [5, 5.41) is 5.67. The van der Waals surface area contributed by atoms with Crippen LogP contribution in [0, 0.1) is 0 Å². The number of thiazole rings is 1. The Morgan fingerprint density at radius 1 is 1.69 bits per heavy atom. The third-order valence-corrected chi connectivity index (χ3v) is 2.29. The van der Waals surface area contributed by atoms with Crippen molar-refractivity contribution >= 4 is 22.4 Å².